The van der Waals surface area contributed by atoms with Crippen LogP contribution in [0, 0.1) is 24.4 Å². The lowest BCUT2D eigenvalue weighted by Gasteiger charge is -2.25. The van der Waals surface area contributed by atoms with Gasteiger partial charge in [0.05, 0.1) is 17.1 Å². The van der Waals surface area contributed by atoms with Crippen molar-refractivity contribution in [3.8, 4) is 0 Å². The molecular weight excluding hydrogens is 375 g/mol. The molecule has 0 aromatic heterocycles. The molecule has 0 heterocycles. The van der Waals surface area contributed by atoms with Gasteiger partial charge in [0, 0.05) is 11.6 Å². The summed E-state index contributed by atoms with van der Waals surface area (Å²) in [4.78, 5) is -0.258. The second-order valence-corrected chi connectivity index (χ2v) is 7.91. The first-order valence-corrected chi connectivity index (χ1v) is 9.50. The number of halogens is 3. The molecule has 0 atom stereocenters. The third kappa shape index (κ3) is 4.14. The monoisotopic (exact) mass is 391 g/mol. The van der Waals surface area contributed by atoms with E-state index in [0.717, 1.165) is 28.1 Å². The van der Waals surface area contributed by atoms with Crippen molar-refractivity contribution in [2.24, 2.45) is 0 Å². The number of rotatable bonds is 5. The lowest BCUT2D eigenvalue weighted by molar-refractivity contribution is 0.568. The van der Waals surface area contributed by atoms with Crippen molar-refractivity contribution in [1.29, 1.82) is 0 Å². The van der Waals surface area contributed by atoms with Crippen LogP contribution in [-0.4, -0.2) is 8.42 Å². The Labute approximate surface area is 155 Å². The van der Waals surface area contributed by atoms with E-state index in [1.807, 2.05) is 0 Å². The Bertz CT molecular complexity index is 1080. The standard InChI is InChI=1S/C20H16F3NO2S/c1-14-4-2-6-18(10-14)24(13-15-8-9-17(22)12-20(15)23)27(25,26)19-7-3-5-16(21)11-19/h2-12H,13H2,1H3. The number of anilines is 1. The lowest BCUT2D eigenvalue weighted by atomic mass is 10.2. The minimum Gasteiger partial charge on any atom is -0.262 e. The largest absolute Gasteiger partial charge is 0.264 e. The fourth-order valence-electron chi connectivity index (χ4n) is 2.66. The summed E-state index contributed by atoms with van der Waals surface area (Å²) in [5.74, 6) is -2.32. The van der Waals surface area contributed by atoms with Crippen LogP contribution in [0.1, 0.15) is 11.1 Å². The topological polar surface area (TPSA) is 37.4 Å². The van der Waals surface area contributed by atoms with Gasteiger partial charge < -0.3 is 0 Å². The van der Waals surface area contributed by atoms with Gasteiger partial charge >= 0.3 is 0 Å². The highest BCUT2D eigenvalue weighted by molar-refractivity contribution is 7.92. The summed E-state index contributed by atoms with van der Waals surface area (Å²) >= 11 is 0. The van der Waals surface area contributed by atoms with Crippen molar-refractivity contribution in [3.63, 3.8) is 0 Å². The summed E-state index contributed by atoms with van der Waals surface area (Å²) in [6, 6.07) is 14.2. The Morgan fingerprint density at radius 3 is 2.22 bits per heavy atom. The third-order valence-electron chi connectivity index (χ3n) is 4.00. The molecule has 0 radical (unpaired) electrons. The lowest BCUT2D eigenvalue weighted by Crippen LogP contribution is -2.31. The molecule has 3 aromatic carbocycles. The van der Waals surface area contributed by atoms with Gasteiger partial charge in [0.2, 0.25) is 0 Å². The van der Waals surface area contributed by atoms with E-state index in [4.69, 9.17) is 0 Å². The Morgan fingerprint density at radius 1 is 0.852 bits per heavy atom. The Hall–Kier alpha value is -2.80. The molecule has 0 amide bonds. The van der Waals surface area contributed by atoms with Gasteiger partial charge in [0.1, 0.15) is 17.5 Å². The van der Waals surface area contributed by atoms with Gasteiger partial charge in [-0.05, 0) is 48.9 Å². The zero-order valence-electron chi connectivity index (χ0n) is 14.4. The smallest absolute Gasteiger partial charge is 0.262 e. The summed E-state index contributed by atoms with van der Waals surface area (Å²) in [5.41, 5.74) is 1.09. The maximum Gasteiger partial charge on any atom is 0.264 e. The van der Waals surface area contributed by atoms with E-state index in [0.29, 0.717) is 11.8 Å². The molecule has 0 spiro atoms. The van der Waals surface area contributed by atoms with Crippen molar-refractivity contribution >= 4 is 15.7 Å². The highest BCUT2D eigenvalue weighted by Crippen LogP contribution is 2.28. The zero-order valence-corrected chi connectivity index (χ0v) is 15.2. The number of benzene rings is 3. The highest BCUT2D eigenvalue weighted by Gasteiger charge is 2.26. The SMILES string of the molecule is Cc1cccc(N(Cc2ccc(F)cc2F)S(=O)(=O)c2cccc(F)c2)c1. The third-order valence-corrected chi connectivity index (χ3v) is 5.77. The first-order chi connectivity index (χ1) is 12.8. The fraction of sp³-hybridized carbons (Fsp3) is 0.100. The minimum absolute atomic E-state index is 0.00196. The quantitative estimate of drug-likeness (QED) is 0.626. The second-order valence-electron chi connectivity index (χ2n) is 6.04. The van der Waals surface area contributed by atoms with Crippen LogP contribution in [-0.2, 0) is 16.6 Å². The van der Waals surface area contributed by atoms with Gasteiger partial charge in [-0.25, -0.2) is 21.6 Å². The van der Waals surface area contributed by atoms with E-state index in [1.165, 1.54) is 18.2 Å². The van der Waals surface area contributed by atoms with Gasteiger partial charge in [-0.15, -0.1) is 0 Å². The molecule has 3 aromatic rings. The Kier molecular flexibility index (Phi) is 5.23. The maximum absolute atomic E-state index is 14.1. The van der Waals surface area contributed by atoms with Crippen molar-refractivity contribution in [3.05, 3.63) is 95.3 Å². The molecule has 0 saturated heterocycles. The van der Waals surface area contributed by atoms with E-state index >= 15 is 0 Å². The molecule has 0 aliphatic heterocycles. The van der Waals surface area contributed by atoms with Crippen LogP contribution in [0.25, 0.3) is 0 Å². The second kappa shape index (κ2) is 7.44. The maximum atomic E-state index is 14.1. The van der Waals surface area contributed by atoms with E-state index < -0.39 is 27.5 Å². The van der Waals surface area contributed by atoms with Gasteiger partial charge in [-0.3, -0.25) is 4.31 Å². The van der Waals surface area contributed by atoms with Crippen molar-refractivity contribution in [2.75, 3.05) is 4.31 Å². The number of nitrogens with zero attached hydrogens (tertiary/aromatic N) is 1. The summed E-state index contributed by atoms with van der Waals surface area (Å²) in [5, 5.41) is 0. The molecule has 0 bridgehead atoms. The number of hydrogen-bond acceptors (Lipinski definition) is 2. The van der Waals surface area contributed by atoms with Gasteiger partial charge in [0.25, 0.3) is 10.0 Å². The number of hydrogen-bond donors (Lipinski definition) is 0. The zero-order chi connectivity index (χ0) is 19.6. The van der Waals surface area contributed by atoms with Gasteiger partial charge in [-0.1, -0.05) is 24.3 Å². The van der Waals surface area contributed by atoms with Crippen LogP contribution < -0.4 is 4.31 Å². The molecular formula is C20H16F3NO2S. The molecule has 7 heteroatoms. The molecule has 0 N–H and O–H groups in total. The van der Waals surface area contributed by atoms with Crippen LogP contribution in [0.2, 0.25) is 0 Å². The summed E-state index contributed by atoms with van der Waals surface area (Å²) in [6.45, 7) is 1.42. The highest BCUT2D eigenvalue weighted by atomic mass is 32.2. The number of aryl methyl sites for hydroxylation is 1. The molecule has 3 rings (SSSR count). The van der Waals surface area contributed by atoms with Crippen molar-refractivity contribution < 1.29 is 21.6 Å². The van der Waals surface area contributed by atoms with Gasteiger partial charge in [0.15, 0.2) is 0 Å². The van der Waals surface area contributed by atoms with Crippen molar-refractivity contribution in [1.82, 2.24) is 0 Å². The molecule has 3 nitrogen and oxygen atoms in total. The minimum atomic E-state index is -4.19. The molecule has 0 saturated carbocycles. The summed E-state index contributed by atoms with van der Waals surface area (Å²) in [6.07, 6.45) is 0. The summed E-state index contributed by atoms with van der Waals surface area (Å²) < 4.78 is 68.2. The van der Waals surface area contributed by atoms with E-state index in [1.54, 1.807) is 31.2 Å². The summed E-state index contributed by atoms with van der Waals surface area (Å²) in [7, 11) is -4.19. The molecule has 0 fully saturated rings. The average molecular weight is 391 g/mol. The van der Waals surface area contributed by atoms with Crippen molar-refractivity contribution in [2.45, 2.75) is 18.4 Å². The number of sulfonamides is 1. The van der Waals surface area contributed by atoms with Crippen LogP contribution in [0.4, 0.5) is 18.9 Å². The molecule has 0 aliphatic rings. The first kappa shape index (κ1) is 19.0. The molecule has 27 heavy (non-hydrogen) atoms. The molecule has 140 valence electrons. The molecule has 0 aliphatic carbocycles. The Balaban J connectivity index is 2.12. The first-order valence-electron chi connectivity index (χ1n) is 8.06. The van der Waals surface area contributed by atoms with Crippen LogP contribution in [0.3, 0.4) is 0 Å². The fourth-order valence-corrected chi connectivity index (χ4v) is 4.12. The van der Waals surface area contributed by atoms with E-state index in [2.05, 4.69) is 0 Å². The van der Waals surface area contributed by atoms with E-state index in [-0.39, 0.29) is 17.0 Å². The Morgan fingerprint density at radius 2 is 1.56 bits per heavy atom. The molecule has 0 unspecified atom stereocenters. The van der Waals surface area contributed by atoms with E-state index in [9.17, 15) is 21.6 Å². The predicted molar refractivity (Wildman–Crippen MR) is 97.3 cm³/mol. The van der Waals surface area contributed by atoms with Crippen LogP contribution in [0.5, 0.6) is 0 Å². The average Bonchev–Trinajstić information content (AvgIpc) is 2.61. The van der Waals surface area contributed by atoms with Gasteiger partial charge in [-0.2, -0.15) is 0 Å². The van der Waals surface area contributed by atoms with Crippen LogP contribution >= 0.6 is 0 Å². The van der Waals surface area contributed by atoms with Crippen LogP contribution in [0.15, 0.2) is 71.6 Å². The normalized spacial score (nSPS) is 11.4. The predicted octanol–water partition coefficient (Wildman–Crippen LogP) is 4.81.